The van der Waals surface area contributed by atoms with E-state index in [0.29, 0.717) is 18.1 Å². The second-order valence-corrected chi connectivity index (χ2v) is 6.33. The molecular formula is C24H21FO4. The molecule has 3 rings (SSSR count). The monoisotopic (exact) mass is 392 g/mol. The molecule has 0 aliphatic heterocycles. The second kappa shape index (κ2) is 9.55. The summed E-state index contributed by atoms with van der Waals surface area (Å²) in [6, 6.07) is 18.6. The average molecular weight is 392 g/mol. The first-order valence-corrected chi connectivity index (χ1v) is 9.06. The zero-order chi connectivity index (χ0) is 20.6. The highest BCUT2D eigenvalue weighted by molar-refractivity contribution is 5.88. The van der Waals surface area contributed by atoms with E-state index in [1.54, 1.807) is 25.3 Å². The minimum Gasteiger partial charge on any atom is -0.493 e. The van der Waals surface area contributed by atoms with Crippen LogP contribution in [0.2, 0.25) is 0 Å². The molecule has 4 nitrogen and oxygen atoms in total. The van der Waals surface area contributed by atoms with Gasteiger partial charge in [-0.05, 0) is 66.1 Å². The largest absolute Gasteiger partial charge is 0.493 e. The zero-order valence-electron chi connectivity index (χ0n) is 16.2. The lowest BCUT2D eigenvalue weighted by atomic mass is 10.1. The van der Waals surface area contributed by atoms with Crippen molar-refractivity contribution in [3.05, 3.63) is 95.3 Å². The molecule has 0 aliphatic rings. The number of benzene rings is 3. The molecule has 0 spiro atoms. The van der Waals surface area contributed by atoms with E-state index < -0.39 is 11.8 Å². The van der Waals surface area contributed by atoms with E-state index in [1.165, 1.54) is 30.3 Å². The Labute approximate surface area is 169 Å². The molecule has 0 heterocycles. The van der Waals surface area contributed by atoms with Crippen molar-refractivity contribution < 1.29 is 23.4 Å². The summed E-state index contributed by atoms with van der Waals surface area (Å²) in [5.74, 6) is 0.501. The number of rotatable bonds is 7. The van der Waals surface area contributed by atoms with Crippen LogP contribution in [0, 0.1) is 12.7 Å². The van der Waals surface area contributed by atoms with E-state index in [-0.39, 0.29) is 5.75 Å². The van der Waals surface area contributed by atoms with E-state index in [4.69, 9.17) is 14.2 Å². The number of halogens is 1. The normalized spacial score (nSPS) is 10.7. The molecule has 148 valence electrons. The minimum absolute atomic E-state index is 0.276. The van der Waals surface area contributed by atoms with Gasteiger partial charge in [0, 0.05) is 6.08 Å². The molecule has 0 atom stereocenters. The SMILES string of the molecule is COc1cc(/C=C/C(=O)Oc2ccc(F)cc2)ccc1OCc1ccccc1C. The molecule has 0 bridgehead atoms. The number of esters is 1. The Morgan fingerprint density at radius 2 is 1.76 bits per heavy atom. The summed E-state index contributed by atoms with van der Waals surface area (Å²) in [6.45, 7) is 2.47. The van der Waals surface area contributed by atoms with E-state index in [9.17, 15) is 9.18 Å². The Morgan fingerprint density at radius 3 is 2.48 bits per heavy atom. The fraction of sp³-hybridized carbons (Fsp3) is 0.125. The molecule has 29 heavy (non-hydrogen) atoms. The number of methoxy groups -OCH3 is 1. The van der Waals surface area contributed by atoms with Crippen LogP contribution in [0.4, 0.5) is 4.39 Å². The highest BCUT2D eigenvalue weighted by Gasteiger charge is 2.07. The van der Waals surface area contributed by atoms with Crippen LogP contribution < -0.4 is 14.2 Å². The van der Waals surface area contributed by atoms with Crippen LogP contribution in [0.1, 0.15) is 16.7 Å². The highest BCUT2D eigenvalue weighted by Crippen LogP contribution is 2.29. The number of carbonyl (C=O) groups is 1. The average Bonchev–Trinajstić information content (AvgIpc) is 2.73. The predicted molar refractivity (Wildman–Crippen MR) is 110 cm³/mol. The summed E-state index contributed by atoms with van der Waals surface area (Å²) in [4.78, 5) is 11.9. The third-order valence-corrected chi connectivity index (χ3v) is 4.28. The van der Waals surface area contributed by atoms with E-state index in [1.807, 2.05) is 37.3 Å². The molecule has 3 aromatic rings. The lowest BCUT2D eigenvalue weighted by molar-refractivity contribution is -0.128. The fourth-order valence-corrected chi connectivity index (χ4v) is 2.65. The third kappa shape index (κ3) is 5.69. The van der Waals surface area contributed by atoms with Gasteiger partial charge in [0.25, 0.3) is 0 Å². The molecule has 0 saturated carbocycles. The van der Waals surface area contributed by atoms with Crippen molar-refractivity contribution in [2.45, 2.75) is 13.5 Å². The van der Waals surface area contributed by atoms with Crippen molar-refractivity contribution >= 4 is 12.0 Å². The van der Waals surface area contributed by atoms with E-state index >= 15 is 0 Å². The van der Waals surface area contributed by atoms with Gasteiger partial charge in [0.2, 0.25) is 0 Å². The molecule has 0 radical (unpaired) electrons. The Hall–Kier alpha value is -3.60. The minimum atomic E-state index is -0.560. The number of aryl methyl sites for hydroxylation is 1. The van der Waals surface area contributed by atoms with E-state index in [0.717, 1.165) is 16.7 Å². The van der Waals surface area contributed by atoms with E-state index in [2.05, 4.69) is 0 Å². The number of ether oxygens (including phenoxy) is 3. The van der Waals surface area contributed by atoms with Crippen LogP contribution >= 0.6 is 0 Å². The molecule has 3 aromatic carbocycles. The van der Waals surface area contributed by atoms with Gasteiger partial charge in [-0.25, -0.2) is 9.18 Å². The maximum absolute atomic E-state index is 12.9. The number of hydrogen-bond acceptors (Lipinski definition) is 4. The molecule has 0 fully saturated rings. The second-order valence-electron chi connectivity index (χ2n) is 6.33. The number of carbonyl (C=O) groups excluding carboxylic acids is 1. The zero-order valence-corrected chi connectivity index (χ0v) is 16.2. The summed E-state index contributed by atoms with van der Waals surface area (Å²) in [7, 11) is 1.56. The Bertz CT molecular complexity index is 1010. The lowest BCUT2D eigenvalue weighted by Crippen LogP contribution is -2.03. The van der Waals surface area contributed by atoms with Gasteiger partial charge in [0.15, 0.2) is 11.5 Å². The van der Waals surface area contributed by atoms with Gasteiger partial charge in [-0.15, -0.1) is 0 Å². The van der Waals surface area contributed by atoms with Gasteiger partial charge in [-0.3, -0.25) is 0 Å². The van der Waals surface area contributed by atoms with Crippen LogP contribution in [0.25, 0.3) is 6.08 Å². The topological polar surface area (TPSA) is 44.8 Å². The first kappa shape index (κ1) is 20.1. The van der Waals surface area contributed by atoms with Gasteiger partial charge in [-0.2, -0.15) is 0 Å². The first-order valence-electron chi connectivity index (χ1n) is 9.06. The lowest BCUT2D eigenvalue weighted by Gasteiger charge is -2.12. The van der Waals surface area contributed by atoms with Crippen molar-refractivity contribution in [2.24, 2.45) is 0 Å². The van der Waals surface area contributed by atoms with Gasteiger partial charge in [0.05, 0.1) is 7.11 Å². The molecule has 0 saturated heterocycles. The van der Waals surface area contributed by atoms with Crippen LogP contribution in [-0.2, 0) is 11.4 Å². The van der Waals surface area contributed by atoms with Gasteiger partial charge in [0.1, 0.15) is 18.2 Å². The van der Waals surface area contributed by atoms with Crippen molar-refractivity contribution in [1.29, 1.82) is 0 Å². The summed E-state index contributed by atoms with van der Waals surface area (Å²) >= 11 is 0. The van der Waals surface area contributed by atoms with Crippen LogP contribution in [0.5, 0.6) is 17.2 Å². The van der Waals surface area contributed by atoms with Crippen molar-refractivity contribution in [3.63, 3.8) is 0 Å². The quantitative estimate of drug-likeness (QED) is 0.309. The molecule has 0 aromatic heterocycles. The summed E-state index contributed by atoms with van der Waals surface area (Å²) < 4.78 is 29.3. The summed E-state index contributed by atoms with van der Waals surface area (Å²) in [5.41, 5.74) is 3.01. The van der Waals surface area contributed by atoms with Crippen LogP contribution in [0.15, 0.2) is 72.8 Å². The molecule has 0 aliphatic carbocycles. The molecule has 0 N–H and O–H groups in total. The fourth-order valence-electron chi connectivity index (χ4n) is 2.65. The van der Waals surface area contributed by atoms with Crippen molar-refractivity contribution in [1.82, 2.24) is 0 Å². The molecule has 0 unspecified atom stereocenters. The molecular weight excluding hydrogens is 371 g/mol. The first-order chi connectivity index (χ1) is 14.0. The number of hydrogen-bond donors (Lipinski definition) is 0. The summed E-state index contributed by atoms with van der Waals surface area (Å²) in [6.07, 6.45) is 2.91. The Morgan fingerprint density at radius 1 is 1.00 bits per heavy atom. The smallest absolute Gasteiger partial charge is 0.336 e. The molecule has 0 amide bonds. The van der Waals surface area contributed by atoms with Gasteiger partial charge >= 0.3 is 5.97 Å². The Balaban J connectivity index is 1.64. The standard InChI is InChI=1S/C24H21FO4/c1-17-5-3-4-6-19(17)16-28-22-13-7-18(15-23(22)27-2)8-14-24(26)29-21-11-9-20(25)10-12-21/h3-15H,16H2,1-2H3/b14-8+. The predicted octanol–water partition coefficient (Wildman–Crippen LogP) is 5.34. The maximum atomic E-state index is 12.9. The van der Waals surface area contributed by atoms with Crippen molar-refractivity contribution in [2.75, 3.05) is 7.11 Å². The third-order valence-electron chi connectivity index (χ3n) is 4.28. The highest BCUT2D eigenvalue weighted by atomic mass is 19.1. The van der Waals surface area contributed by atoms with Crippen molar-refractivity contribution in [3.8, 4) is 17.2 Å². The van der Waals surface area contributed by atoms with Crippen LogP contribution in [0.3, 0.4) is 0 Å². The maximum Gasteiger partial charge on any atom is 0.336 e. The van der Waals surface area contributed by atoms with Gasteiger partial charge < -0.3 is 14.2 Å². The van der Waals surface area contributed by atoms with Crippen LogP contribution in [-0.4, -0.2) is 13.1 Å². The molecule has 5 heteroatoms. The van der Waals surface area contributed by atoms with Gasteiger partial charge in [-0.1, -0.05) is 30.3 Å². The Kier molecular flexibility index (Phi) is 6.63. The summed E-state index contributed by atoms with van der Waals surface area (Å²) in [5, 5.41) is 0.